The lowest BCUT2D eigenvalue weighted by Gasteiger charge is -2.11. The average Bonchev–Trinajstić information content (AvgIpc) is 2.45. The summed E-state index contributed by atoms with van der Waals surface area (Å²) >= 11 is 0. The molecule has 0 heterocycles. The van der Waals surface area contributed by atoms with Gasteiger partial charge in [0, 0.05) is 6.54 Å². The van der Waals surface area contributed by atoms with Crippen molar-refractivity contribution in [2.75, 3.05) is 7.11 Å². The topological polar surface area (TPSA) is 62.1 Å². The Kier molecular flexibility index (Phi) is 5.87. The Labute approximate surface area is 114 Å². The predicted molar refractivity (Wildman–Crippen MR) is 73.6 cm³/mol. The Morgan fingerprint density at radius 2 is 2.21 bits per heavy atom. The normalized spacial score (nSPS) is 11.5. The third-order valence-corrected chi connectivity index (χ3v) is 3.07. The molecule has 1 unspecified atom stereocenters. The lowest BCUT2D eigenvalue weighted by molar-refractivity contribution is -0.123. The van der Waals surface area contributed by atoms with E-state index in [0.717, 1.165) is 23.3 Å². The molecule has 1 N–H and O–H groups in total. The number of nitriles is 1. The number of ether oxygens (including phenoxy) is 1. The second kappa shape index (κ2) is 7.42. The molecule has 1 aromatic rings. The molecule has 19 heavy (non-hydrogen) atoms. The Hall–Kier alpha value is -2.02. The highest BCUT2D eigenvalue weighted by molar-refractivity contribution is 5.80. The highest BCUT2D eigenvalue weighted by Gasteiger charge is 2.14. The van der Waals surface area contributed by atoms with Crippen molar-refractivity contribution in [3.8, 4) is 11.8 Å². The molecule has 102 valence electrons. The second-order valence-corrected chi connectivity index (χ2v) is 4.31. The van der Waals surface area contributed by atoms with E-state index >= 15 is 0 Å². The first-order chi connectivity index (χ1) is 9.15. The summed E-state index contributed by atoms with van der Waals surface area (Å²) in [4.78, 5) is 11.7. The van der Waals surface area contributed by atoms with Crippen LogP contribution in [0.1, 0.15) is 31.4 Å². The van der Waals surface area contributed by atoms with Crippen LogP contribution in [-0.4, -0.2) is 13.0 Å². The number of amides is 1. The summed E-state index contributed by atoms with van der Waals surface area (Å²) in [5.41, 5.74) is 2.13. The van der Waals surface area contributed by atoms with Crippen LogP contribution in [0.3, 0.4) is 0 Å². The third kappa shape index (κ3) is 3.99. The fraction of sp³-hybridized carbons (Fsp3) is 0.467. The van der Waals surface area contributed by atoms with E-state index in [-0.39, 0.29) is 5.91 Å². The molecule has 0 aliphatic heterocycles. The number of carbonyl (C=O) groups excluding carboxylic acids is 1. The van der Waals surface area contributed by atoms with Gasteiger partial charge in [-0.05, 0) is 30.0 Å². The molecular weight excluding hydrogens is 240 g/mol. The van der Waals surface area contributed by atoms with E-state index in [1.54, 1.807) is 7.11 Å². The highest BCUT2D eigenvalue weighted by Crippen LogP contribution is 2.20. The maximum Gasteiger partial charge on any atom is 0.237 e. The van der Waals surface area contributed by atoms with E-state index in [4.69, 9.17) is 10.00 Å². The quantitative estimate of drug-likeness (QED) is 0.854. The average molecular weight is 260 g/mol. The predicted octanol–water partition coefficient (Wildman–Crippen LogP) is 2.42. The molecule has 0 aromatic heterocycles. The fourth-order valence-corrected chi connectivity index (χ4v) is 1.87. The number of nitrogens with zero attached hydrogens (tertiary/aromatic N) is 1. The second-order valence-electron chi connectivity index (χ2n) is 4.31. The Morgan fingerprint density at radius 3 is 2.74 bits per heavy atom. The van der Waals surface area contributed by atoms with Crippen LogP contribution in [-0.2, 0) is 17.8 Å². The van der Waals surface area contributed by atoms with Gasteiger partial charge in [-0.15, -0.1) is 0 Å². The minimum Gasteiger partial charge on any atom is -0.496 e. The number of nitrogens with one attached hydrogen (secondary N) is 1. The van der Waals surface area contributed by atoms with Crippen molar-refractivity contribution in [1.29, 1.82) is 5.26 Å². The summed E-state index contributed by atoms with van der Waals surface area (Å²) in [7, 11) is 1.65. The Balaban J connectivity index is 2.69. The summed E-state index contributed by atoms with van der Waals surface area (Å²) in [6.07, 6.45) is 1.41. The smallest absolute Gasteiger partial charge is 0.237 e. The van der Waals surface area contributed by atoms with Crippen molar-refractivity contribution >= 4 is 5.91 Å². The van der Waals surface area contributed by atoms with Gasteiger partial charge in [0.25, 0.3) is 0 Å². The number of methoxy groups -OCH3 is 1. The molecule has 0 bridgehead atoms. The van der Waals surface area contributed by atoms with E-state index < -0.39 is 5.92 Å². The maximum absolute atomic E-state index is 11.7. The molecule has 1 aromatic carbocycles. The van der Waals surface area contributed by atoms with Crippen LogP contribution < -0.4 is 10.1 Å². The number of carbonyl (C=O) groups is 1. The zero-order chi connectivity index (χ0) is 14.3. The first-order valence-electron chi connectivity index (χ1n) is 6.49. The van der Waals surface area contributed by atoms with Gasteiger partial charge in [0.05, 0.1) is 13.2 Å². The maximum atomic E-state index is 11.7. The van der Waals surface area contributed by atoms with Gasteiger partial charge >= 0.3 is 0 Å². The number of hydrogen-bond donors (Lipinski definition) is 1. The van der Waals surface area contributed by atoms with E-state index in [0.29, 0.717) is 13.0 Å². The van der Waals surface area contributed by atoms with Gasteiger partial charge in [-0.2, -0.15) is 5.26 Å². The van der Waals surface area contributed by atoms with Crippen LogP contribution in [0.2, 0.25) is 0 Å². The molecule has 1 amide bonds. The van der Waals surface area contributed by atoms with Gasteiger partial charge in [-0.1, -0.05) is 26.0 Å². The van der Waals surface area contributed by atoms with E-state index in [9.17, 15) is 4.79 Å². The van der Waals surface area contributed by atoms with Gasteiger partial charge in [-0.3, -0.25) is 4.79 Å². The van der Waals surface area contributed by atoms with E-state index in [1.165, 1.54) is 0 Å². The highest BCUT2D eigenvalue weighted by atomic mass is 16.5. The van der Waals surface area contributed by atoms with Crippen molar-refractivity contribution in [3.05, 3.63) is 29.3 Å². The van der Waals surface area contributed by atoms with Crippen molar-refractivity contribution in [2.45, 2.75) is 33.2 Å². The summed E-state index contributed by atoms with van der Waals surface area (Å²) < 4.78 is 5.26. The SMILES string of the molecule is CCc1cc(CNC(=O)C(C#N)CC)ccc1OC. The van der Waals surface area contributed by atoms with Crippen LogP contribution in [0.25, 0.3) is 0 Å². The molecule has 1 rings (SSSR count). The molecule has 0 saturated heterocycles. The lowest BCUT2D eigenvalue weighted by atomic mass is 10.1. The van der Waals surface area contributed by atoms with E-state index in [2.05, 4.69) is 12.2 Å². The van der Waals surface area contributed by atoms with Gasteiger partial charge in [0.2, 0.25) is 5.91 Å². The number of benzene rings is 1. The fourth-order valence-electron chi connectivity index (χ4n) is 1.87. The third-order valence-electron chi connectivity index (χ3n) is 3.07. The van der Waals surface area contributed by atoms with E-state index in [1.807, 2.05) is 31.2 Å². The zero-order valence-corrected chi connectivity index (χ0v) is 11.7. The molecule has 0 aliphatic carbocycles. The molecule has 0 spiro atoms. The Bertz CT molecular complexity index is 478. The van der Waals surface area contributed by atoms with Crippen LogP contribution in [0.5, 0.6) is 5.75 Å². The summed E-state index contributed by atoms with van der Waals surface area (Å²) in [5, 5.41) is 11.6. The largest absolute Gasteiger partial charge is 0.496 e. The van der Waals surface area contributed by atoms with Gasteiger partial charge < -0.3 is 10.1 Å². The lowest BCUT2D eigenvalue weighted by Crippen LogP contribution is -2.29. The van der Waals surface area contributed by atoms with Gasteiger partial charge in [0.1, 0.15) is 11.7 Å². The standard InChI is InChI=1S/C15H20N2O2/c1-4-12-8-11(6-7-14(12)19-3)10-17-15(18)13(5-2)9-16/h6-8,13H,4-5,10H2,1-3H3,(H,17,18). The summed E-state index contributed by atoms with van der Waals surface area (Å²) in [5.74, 6) is 0.0868. The van der Waals surface area contributed by atoms with Crippen molar-refractivity contribution < 1.29 is 9.53 Å². The van der Waals surface area contributed by atoms with Crippen molar-refractivity contribution in [2.24, 2.45) is 5.92 Å². The molecule has 0 radical (unpaired) electrons. The van der Waals surface area contributed by atoms with Crippen LogP contribution in [0.15, 0.2) is 18.2 Å². The minimum atomic E-state index is -0.566. The molecule has 4 heteroatoms. The zero-order valence-electron chi connectivity index (χ0n) is 11.7. The van der Waals surface area contributed by atoms with Crippen LogP contribution in [0.4, 0.5) is 0 Å². The van der Waals surface area contributed by atoms with Crippen LogP contribution in [0, 0.1) is 17.2 Å². The van der Waals surface area contributed by atoms with Crippen molar-refractivity contribution in [3.63, 3.8) is 0 Å². The summed E-state index contributed by atoms with van der Waals surface area (Å²) in [6, 6.07) is 7.84. The molecule has 0 saturated carbocycles. The van der Waals surface area contributed by atoms with Crippen molar-refractivity contribution in [1.82, 2.24) is 5.32 Å². The number of aryl methyl sites for hydroxylation is 1. The molecule has 4 nitrogen and oxygen atoms in total. The monoisotopic (exact) mass is 260 g/mol. The molecule has 0 fully saturated rings. The first kappa shape index (κ1) is 15.0. The molecule has 0 aliphatic rings. The number of rotatable bonds is 6. The number of hydrogen-bond acceptors (Lipinski definition) is 3. The van der Waals surface area contributed by atoms with Gasteiger partial charge in [0.15, 0.2) is 0 Å². The van der Waals surface area contributed by atoms with Crippen LogP contribution >= 0.6 is 0 Å². The first-order valence-corrected chi connectivity index (χ1v) is 6.49. The molecular formula is C15H20N2O2. The minimum absolute atomic E-state index is 0.209. The summed E-state index contributed by atoms with van der Waals surface area (Å²) in [6.45, 7) is 4.33. The molecule has 1 atom stereocenters. The van der Waals surface area contributed by atoms with Gasteiger partial charge in [-0.25, -0.2) is 0 Å². The Morgan fingerprint density at radius 1 is 1.47 bits per heavy atom.